The highest BCUT2D eigenvalue weighted by Gasteiger charge is 2.29. The number of carbonyl (C=O) groups excluding carboxylic acids is 1. The van der Waals surface area contributed by atoms with E-state index in [4.69, 9.17) is 4.98 Å². The van der Waals surface area contributed by atoms with Gasteiger partial charge < -0.3 is 9.80 Å². The lowest BCUT2D eigenvalue weighted by molar-refractivity contribution is -0.134. The van der Waals surface area contributed by atoms with Gasteiger partial charge in [-0.25, -0.2) is 4.98 Å². The number of likely N-dealkylation sites (tertiary alicyclic amines) is 1. The Morgan fingerprint density at radius 1 is 1.16 bits per heavy atom. The number of hydrogen-bond donors (Lipinski definition) is 0. The largest absolute Gasteiger partial charge is 0.337 e. The maximum absolute atomic E-state index is 13.6. The van der Waals surface area contributed by atoms with Crippen molar-refractivity contribution in [2.75, 3.05) is 26.4 Å². The SMILES string of the molecule is CC1CCCC(C)N1C(=O)CSc1nc2sc3c(c2c(=O)n1CCCN(C)C)CCCC3. The molecular weight excluding hydrogens is 440 g/mol. The molecule has 32 heavy (non-hydrogen) atoms. The van der Waals surface area contributed by atoms with E-state index in [0.717, 1.165) is 55.3 Å². The highest BCUT2D eigenvalue weighted by molar-refractivity contribution is 7.99. The molecule has 2 unspecified atom stereocenters. The Labute approximate surface area is 199 Å². The molecule has 0 aromatic carbocycles. The number of aryl methyl sites for hydroxylation is 2. The second-order valence-corrected chi connectivity index (χ2v) is 11.6. The van der Waals surface area contributed by atoms with Crippen LogP contribution in [0.2, 0.25) is 0 Å². The van der Waals surface area contributed by atoms with Gasteiger partial charge in [-0.1, -0.05) is 11.8 Å². The molecule has 1 aliphatic carbocycles. The van der Waals surface area contributed by atoms with Crippen molar-refractivity contribution in [2.45, 2.75) is 89.0 Å². The van der Waals surface area contributed by atoms with E-state index >= 15 is 0 Å². The monoisotopic (exact) mass is 476 g/mol. The standard InChI is InChI=1S/C24H36N4O2S2/c1-16-9-7-10-17(2)28(16)20(29)15-31-24-25-22-21(18-11-5-6-12-19(18)32-22)23(30)27(24)14-8-13-26(3)4/h16-17H,5-15H2,1-4H3. The van der Waals surface area contributed by atoms with Crippen LogP contribution in [0.4, 0.5) is 0 Å². The van der Waals surface area contributed by atoms with Gasteiger partial charge in [-0.05, 0) is 91.4 Å². The molecule has 2 aromatic rings. The highest BCUT2D eigenvalue weighted by Crippen LogP contribution is 2.35. The van der Waals surface area contributed by atoms with Crippen molar-refractivity contribution in [1.29, 1.82) is 0 Å². The molecule has 2 aliphatic rings. The molecule has 0 bridgehead atoms. The molecular formula is C24H36N4O2S2. The third kappa shape index (κ3) is 4.92. The number of piperidine rings is 1. The molecule has 176 valence electrons. The number of thioether (sulfide) groups is 1. The molecule has 0 radical (unpaired) electrons. The van der Waals surface area contributed by atoms with Gasteiger partial charge in [0.1, 0.15) is 4.83 Å². The molecule has 1 fully saturated rings. The topological polar surface area (TPSA) is 58.4 Å². The Balaban J connectivity index is 1.62. The summed E-state index contributed by atoms with van der Waals surface area (Å²) >= 11 is 3.13. The van der Waals surface area contributed by atoms with Gasteiger partial charge >= 0.3 is 0 Å². The van der Waals surface area contributed by atoms with E-state index in [1.165, 1.54) is 35.0 Å². The van der Waals surface area contributed by atoms with Crippen molar-refractivity contribution in [3.05, 3.63) is 20.8 Å². The van der Waals surface area contributed by atoms with Crippen LogP contribution in [0.25, 0.3) is 10.2 Å². The van der Waals surface area contributed by atoms with Crippen molar-refractivity contribution < 1.29 is 4.79 Å². The molecule has 2 aromatic heterocycles. The minimum Gasteiger partial charge on any atom is -0.337 e. The van der Waals surface area contributed by atoms with E-state index in [-0.39, 0.29) is 23.6 Å². The van der Waals surface area contributed by atoms with E-state index in [1.807, 2.05) is 9.47 Å². The van der Waals surface area contributed by atoms with Gasteiger partial charge in [-0.2, -0.15) is 0 Å². The minimum atomic E-state index is 0.0859. The quantitative estimate of drug-likeness (QED) is 0.443. The van der Waals surface area contributed by atoms with Crippen molar-refractivity contribution in [3.63, 3.8) is 0 Å². The van der Waals surface area contributed by atoms with Gasteiger partial charge in [-0.15, -0.1) is 11.3 Å². The molecule has 1 saturated heterocycles. The Kier molecular flexibility index (Phi) is 7.62. The van der Waals surface area contributed by atoms with Crippen LogP contribution in [0.3, 0.4) is 0 Å². The van der Waals surface area contributed by atoms with Crippen LogP contribution in [0.5, 0.6) is 0 Å². The van der Waals surface area contributed by atoms with Gasteiger partial charge in [0, 0.05) is 23.5 Å². The molecule has 1 amide bonds. The second-order valence-electron chi connectivity index (χ2n) is 9.62. The summed E-state index contributed by atoms with van der Waals surface area (Å²) in [5.41, 5.74) is 1.32. The van der Waals surface area contributed by atoms with Crippen LogP contribution in [-0.2, 0) is 24.2 Å². The second kappa shape index (κ2) is 10.3. The number of thiophene rings is 1. The predicted molar refractivity (Wildman–Crippen MR) is 134 cm³/mol. The first kappa shape index (κ1) is 23.8. The van der Waals surface area contributed by atoms with Crippen LogP contribution in [0, 0.1) is 0 Å². The number of amides is 1. The molecule has 0 N–H and O–H groups in total. The van der Waals surface area contributed by atoms with Gasteiger partial charge in [0.05, 0.1) is 11.1 Å². The molecule has 8 heteroatoms. The minimum absolute atomic E-state index is 0.0859. The molecule has 6 nitrogen and oxygen atoms in total. The summed E-state index contributed by atoms with van der Waals surface area (Å²) in [7, 11) is 4.10. The zero-order chi connectivity index (χ0) is 22.8. The average molecular weight is 477 g/mol. The Morgan fingerprint density at radius 2 is 1.88 bits per heavy atom. The summed E-state index contributed by atoms with van der Waals surface area (Å²) in [5.74, 6) is 0.500. The van der Waals surface area contributed by atoms with Crippen molar-refractivity contribution in [1.82, 2.24) is 19.4 Å². The van der Waals surface area contributed by atoms with E-state index in [2.05, 4.69) is 32.8 Å². The molecule has 2 atom stereocenters. The molecule has 4 rings (SSSR count). The molecule has 0 spiro atoms. The number of hydrogen-bond acceptors (Lipinski definition) is 6. The Morgan fingerprint density at radius 3 is 2.59 bits per heavy atom. The first-order chi connectivity index (χ1) is 15.4. The van der Waals surface area contributed by atoms with Gasteiger partial charge in [0.15, 0.2) is 5.16 Å². The summed E-state index contributed by atoms with van der Waals surface area (Å²) in [6.45, 7) is 5.85. The zero-order valence-electron chi connectivity index (χ0n) is 19.9. The molecule has 0 saturated carbocycles. The van der Waals surface area contributed by atoms with Crippen LogP contribution in [0.15, 0.2) is 9.95 Å². The Hall–Kier alpha value is -1.38. The lowest BCUT2D eigenvalue weighted by atomic mass is 9.97. The van der Waals surface area contributed by atoms with Crippen LogP contribution in [0.1, 0.15) is 62.8 Å². The van der Waals surface area contributed by atoms with E-state index < -0.39 is 0 Å². The zero-order valence-corrected chi connectivity index (χ0v) is 21.5. The fourth-order valence-corrected chi connectivity index (χ4v) is 7.38. The smallest absolute Gasteiger partial charge is 0.263 e. The van der Waals surface area contributed by atoms with Crippen molar-refractivity contribution in [3.8, 4) is 0 Å². The molecule has 1 aliphatic heterocycles. The maximum atomic E-state index is 13.6. The third-order valence-electron chi connectivity index (χ3n) is 6.83. The summed E-state index contributed by atoms with van der Waals surface area (Å²) in [6.07, 6.45) is 8.60. The number of nitrogens with zero attached hydrogens (tertiary/aromatic N) is 4. The van der Waals surface area contributed by atoms with E-state index in [0.29, 0.717) is 17.5 Å². The lowest BCUT2D eigenvalue weighted by Gasteiger charge is -2.39. The fourth-order valence-electron chi connectivity index (χ4n) is 5.19. The summed E-state index contributed by atoms with van der Waals surface area (Å²) in [6, 6.07) is 0.571. The third-order valence-corrected chi connectivity index (χ3v) is 8.98. The normalized spacial score (nSPS) is 21.3. The fraction of sp³-hybridized carbons (Fsp3) is 0.708. The van der Waals surface area contributed by atoms with Gasteiger partial charge in [-0.3, -0.25) is 14.2 Å². The maximum Gasteiger partial charge on any atom is 0.263 e. The number of carbonyl (C=O) groups is 1. The van der Waals surface area contributed by atoms with Crippen LogP contribution in [-0.4, -0.2) is 63.7 Å². The van der Waals surface area contributed by atoms with Crippen molar-refractivity contribution >= 4 is 39.2 Å². The number of aromatic nitrogens is 2. The summed E-state index contributed by atoms with van der Waals surface area (Å²) in [5, 5.41) is 1.54. The average Bonchev–Trinajstić information content (AvgIpc) is 3.12. The number of rotatable bonds is 7. The predicted octanol–water partition coefficient (Wildman–Crippen LogP) is 4.17. The Bertz CT molecular complexity index is 1020. The van der Waals surface area contributed by atoms with Crippen LogP contribution >= 0.6 is 23.1 Å². The first-order valence-corrected chi connectivity index (χ1v) is 13.8. The lowest BCUT2D eigenvalue weighted by Crippen LogP contribution is -2.48. The van der Waals surface area contributed by atoms with E-state index in [1.54, 1.807) is 11.3 Å². The highest BCUT2D eigenvalue weighted by atomic mass is 32.2. The summed E-state index contributed by atoms with van der Waals surface area (Å²) in [4.78, 5) is 38.1. The first-order valence-electron chi connectivity index (χ1n) is 12.0. The van der Waals surface area contributed by atoms with Crippen molar-refractivity contribution in [2.24, 2.45) is 0 Å². The van der Waals surface area contributed by atoms with E-state index in [9.17, 15) is 9.59 Å². The number of fused-ring (bicyclic) bond motifs is 3. The molecule has 3 heterocycles. The summed E-state index contributed by atoms with van der Waals surface area (Å²) < 4.78 is 1.84. The van der Waals surface area contributed by atoms with Crippen LogP contribution < -0.4 is 5.56 Å². The van der Waals surface area contributed by atoms with Gasteiger partial charge in [0.25, 0.3) is 5.56 Å². The van der Waals surface area contributed by atoms with Gasteiger partial charge in [0.2, 0.25) is 5.91 Å².